The molecule has 1 aromatic carbocycles. The number of ether oxygens (including phenoxy) is 1. The van der Waals surface area contributed by atoms with Crippen molar-refractivity contribution in [3.05, 3.63) is 47.4 Å². The van der Waals surface area contributed by atoms with Gasteiger partial charge in [0.15, 0.2) is 0 Å². The first-order valence-electron chi connectivity index (χ1n) is 7.89. The maximum absolute atomic E-state index is 12.6. The van der Waals surface area contributed by atoms with E-state index in [0.29, 0.717) is 12.4 Å². The van der Waals surface area contributed by atoms with E-state index >= 15 is 0 Å². The van der Waals surface area contributed by atoms with Crippen molar-refractivity contribution in [2.75, 3.05) is 6.61 Å². The molecular formula is C18H17NO6S2. The molecule has 2 rings (SSSR count). The Hall–Kier alpha value is -2.65. The van der Waals surface area contributed by atoms with Gasteiger partial charge in [-0.3, -0.25) is 14.5 Å². The molecule has 1 aliphatic heterocycles. The third-order valence-corrected chi connectivity index (χ3v) is 4.93. The summed E-state index contributed by atoms with van der Waals surface area (Å²) in [6, 6.07) is 5.68. The Morgan fingerprint density at radius 3 is 2.52 bits per heavy atom. The van der Waals surface area contributed by atoms with Gasteiger partial charge in [0.05, 0.1) is 4.91 Å². The number of nitrogens with zero attached hydrogens (tertiary/aromatic N) is 1. The van der Waals surface area contributed by atoms with Crippen LogP contribution >= 0.6 is 24.0 Å². The Balaban J connectivity index is 2.18. The molecule has 0 unspecified atom stereocenters. The molecule has 142 valence electrons. The fourth-order valence-electron chi connectivity index (χ4n) is 2.34. The maximum atomic E-state index is 12.6. The van der Waals surface area contributed by atoms with E-state index in [2.05, 4.69) is 6.58 Å². The molecule has 27 heavy (non-hydrogen) atoms. The van der Waals surface area contributed by atoms with Gasteiger partial charge in [-0.1, -0.05) is 48.8 Å². The number of hydrogen-bond acceptors (Lipinski definition) is 6. The fraction of sp³-hybridized carbons (Fsp3) is 0.222. The molecule has 0 saturated carbocycles. The molecule has 9 heteroatoms. The predicted molar refractivity (Wildman–Crippen MR) is 105 cm³/mol. The van der Waals surface area contributed by atoms with E-state index < -0.39 is 23.9 Å². The van der Waals surface area contributed by atoms with E-state index in [1.54, 1.807) is 36.4 Å². The summed E-state index contributed by atoms with van der Waals surface area (Å²) in [5.41, 5.74) is 0.721. The molecule has 0 aliphatic carbocycles. The summed E-state index contributed by atoms with van der Waals surface area (Å²) in [5, 5.41) is 18.1. The number of carbonyl (C=O) groups excluding carboxylic acids is 1. The monoisotopic (exact) mass is 407 g/mol. The molecule has 1 heterocycles. The molecule has 1 aliphatic rings. The zero-order valence-corrected chi connectivity index (χ0v) is 15.8. The van der Waals surface area contributed by atoms with Crippen LogP contribution in [0.5, 0.6) is 5.75 Å². The van der Waals surface area contributed by atoms with E-state index in [-0.39, 0.29) is 22.1 Å². The number of rotatable bonds is 9. The molecule has 0 spiro atoms. The van der Waals surface area contributed by atoms with Crippen molar-refractivity contribution in [1.82, 2.24) is 4.90 Å². The second-order valence-corrected chi connectivity index (χ2v) is 7.18. The Labute approximate surface area is 165 Å². The number of thiocarbonyl (C=S) groups is 1. The number of carbonyl (C=O) groups is 3. The quantitative estimate of drug-likeness (QED) is 0.366. The van der Waals surface area contributed by atoms with Crippen LogP contribution in [0.25, 0.3) is 6.08 Å². The summed E-state index contributed by atoms with van der Waals surface area (Å²) < 4.78 is 5.48. The molecule has 1 saturated heterocycles. The summed E-state index contributed by atoms with van der Waals surface area (Å²) in [6.45, 7) is 3.95. The van der Waals surface area contributed by atoms with Crippen molar-refractivity contribution >= 4 is 52.2 Å². The largest absolute Gasteiger partial charge is 0.490 e. The number of carboxylic acid groups (broad SMARTS) is 2. The number of carboxylic acids is 2. The van der Waals surface area contributed by atoms with Crippen LogP contribution in [0.15, 0.2) is 41.8 Å². The van der Waals surface area contributed by atoms with Crippen LogP contribution < -0.4 is 4.74 Å². The van der Waals surface area contributed by atoms with Gasteiger partial charge < -0.3 is 14.9 Å². The Kier molecular flexibility index (Phi) is 7.14. The first-order chi connectivity index (χ1) is 12.8. The molecule has 1 atom stereocenters. The summed E-state index contributed by atoms with van der Waals surface area (Å²) in [5.74, 6) is -2.33. The van der Waals surface area contributed by atoms with Crippen molar-refractivity contribution in [3.63, 3.8) is 0 Å². The third kappa shape index (κ3) is 5.41. The molecule has 0 radical (unpaired) electrons. The van der Waals surface area contributed by atoms with E-state index in [4.69, 9.17) is 22.1 Å². The van der Waals surface area contributed by atoms with Crippen molar-refractivity contribution < 1.29 is 29.3 Å². The summed E-state index contributed by atoms with van der Waals surface area (Å²) in [4.78, 5) is 36.1. The van der Waals surface area contributed by atoms with E-state index in [1.165, 1.54) is 0 Å². The van der Waals surface area contributed by atoms with Crippen LogP contribution in [-0.2, 0) is 14.4 Å². The minimum absolute atomic E-state index is 0.0926. The van der Waals surface area contributed by atoms with Crippen LogP contribution in [0, 0.1) is 0 Å². The van der Waals surface area contributed by atoms with Crippen LogP contribution in [0.4, 0.5) is 0 Å². The Bertz CT molecular complexity index is 803. The first kappa shape index (κ1) is 20.7. The zero-order chi connectivity index (χ0) is 20.0. The van der Waals surface area contributed by atoms with Crippen molar-refractivity contribution in [2.45, 2.75) is 18.9 Å². The van der Waals surface area contributed by atoms with Crippen LogP contribution in [0.3, 0.4) is 0 Å². The molecule has 7 nitrogen and oxygen atoms in total. The molecule has 1 aromatic rings. The Morgan fingerprint density at radius 1 is 1.30 bits per heavy atom. The number of aliphatic carboxylic acids is 2. The fourth-order valence-corrected chi connectivity index (χ4v) is 3.70. The summed E-state index contributed by atoms with van der Waals surface area (Å²) in [7, 11) is 0. The smallest absolute Gasteiger partial charge is 0.326 e. The third-order valence-electron chi connectivity index (χ3n) is 3.60. The second kappa shape index (κ2) is 9.33. The van der Waals surface area contributed by atoms with Gasteiger partial charge >= 0.3 is 11.9 Å². The average molecular weight is 407 g/mol. The minimum atomic E-state index is -1.31. The van der Waals surface area contributed by atoms with Gasteiger partial charge in [0.25, 0.3) is 5.91 Å². The highest BCUT2D eigenvalue weighted by molar-refractivity contribution is 8.26. The van der Waals surface area contributed by atoms with Gasteiger partial charge in [0.2, 0.25) is 0 Å². The van der Waals surface area contributed by atoms with Crippen molar-refractivity contribution in [3.8, 4) is 5.75 Å². The lowest BCUT2D eigenvalue weighted by Crippen LogP contribution is -2.44. The molecular weight excluding hydrogens is 390 g/mol. The lowest BCUT2D eigenvalue weighted by molar-refractivity contribution is -0.146. The highest BCUT2D eigenvalue weighted by Crippen LogP contribution is 2.35. The molecule has 1 amide bonds. The molecule has 0 bridgehead atoms. The number of amides is 1. The lowest BCUT2D eigenvalue weighted by Gasteiger charge is -2.22. The van der Waals surface area contributed by atoms with Gasteiger partial charge in [-0.05, 0) is 30.2 Å². The van der Waals surface area contributed by atoms with Crippen molar-refractivity contribution in [2.24, 2.45) is 0 Å². The van der Waals surface area contributed by atoms with E-state index in [0.717, 1.165) is 22.2 Å². The van der Waals surface area contributed by atoms with Gasteiger partial charge in [-0.25, -0.2) is 4.79 Å². The van der Waals surface area contributed by atoms with Gasteiger partial charge in [-0.2, -0.15) is 0 Å². The highest BCUT2D eigenvalue weighted by Gasteiger charge is 2.40. The minimum Gasteiger partial charge on any atom is -0.490 e. The van der Waals surface area contributed by atoms with E-state index in [1.807, 2.05) is 0 Å². The molecule has 2 N–H and O–H groups in total. The van der Waals surface area contributed by atoms with Crippen LogP contribution in [0.1, 0.15) is 18.4 Å². The normalized spacial score (nSPS) is 16.4. The summed E-state index contributed by atoms with van der Waals surface area (Å²) >= 11 is 6.13. The first-order valence-corrected chi connectivity index (χ1v) is 9.11. The number of thioether (sulfide) groups is 1. The molecule has 1 fully saturated rings. The average Bonchev–Trinajstić information content (AvgIpc) is 2.88. The molecule has 0 aromatic heterocycles. The highest BCUT2D eigenvalue weighted by atomic mass is 32.2. The van der Waals surface area contributed by atoms with E-state index in [9.17, 15) is 19.5 Å². The maximum Gasteiger partial charge on any atom is 0.326 e. The standard InChI is InChI=1S/C18H17NO6S2/c1-2-9-25-12-5-3-11(4-6-12)10-14-16(22)19(18(26)27-14)13(17(23)24)7-8-15(20)21/h2-6,10,13H,1,7-9H2,(H,20,21)(H,23,24)/b14-10-/t13-/m0/s1. The zero-order valence-electron chi connectivity index (χ0n) is 14.2. The van der Waals surface area contributed by atoms with Gasteiger partial charge in [0, 0.05) is 6.42 Å². The Morgan fingerprint density at radius 2 is 1.96 bits per heavy atom. The van der Waals surface area contributed by atoms with Crippen LogP contribution in [0.2, 0.25) is 0 Å². The topological polar surface area (TPSA) is 104 Å². The second-order valence-electron chi connectivity index (χ2n) is 5.51. The lowest BCUT2D eigenvalue weighted by atomic mass is 10.1. The number of hydrogen-bond donors (Lipinski definition) is 2. The van der Waals surface area contributed by atoms with Crippen molar-refractivity contribution in [1.29, 1.82) is 0 Å². The number of benzene rings is 1. The van der Waals surface area contributed by atoms with Crippen LogP contribution in [-0.4, -0.2) is 49.9 Å². The van der Waals surface area contributed by atoms with Gasteiger partial charge in [0.1, 0.15) is 22.7 Å². The van der Waals surface area contributed by atoms with Gasteiger partial charge in [-0.15, -0.1) is 0 Å². The SMILES string of the molecule is C=CCOc1ccc(/C=C2\SC(=S)N([C@@H](CCC(=O)O)C(=O)O)C2=O)cc1. The summed E-state index contributed by atoms with van der Waals surface area (Å²) in [6.07, 6.45) is 2.63. The predicted octanol–water partition coefficient (Wildman–Crippen LogP) is 2.77.